The molecule has 0 atom stereocenters. The number of aliphatic hydroxyl groups is 1. The number of nitrogens with one attached hydrogen (secondary N) is 1. The minimum absolute atomic E-state index is 0.249. The number of hydrogen-bond donors (Lipinski definition) is 2. The van der Waals surface area contributed by atoms with Crippen LogP contribution in [0.25, 0.3) is 16.9 Å². The fourth-order valence-corrected chi connectivity index (χ4v) is 4.15. The van der Waals surface area contributed by atoms with E-state index < -0.39 is 12.0 Å². The Morgan fingerprint density at radius 1 is 1.10 bits per heavy atom. The molecule has 0 spiro atoms. The highest BCUT2D eigenvalue weighted by Gasteiger charge is 2.32. The summed E-state index contributed by atoms with van der Waals surface area (Å²) in [5, 5.41) is 18.3. The maximum Gasteiger partial charge on any atom is 0.573 e. The van der Waals surface area contributed by atoms with Crippen LogP contribution < -0.4 is 10.1 Å². The lowest BCUT2D eigenvalue weighted by molar-refractivity contribution is -0.274. The van der Waals surface area contributed by atoms with E-state index in [1.54, 1.807) is 16.8 Å². The SMILES string of the molecule is CC(C)(O)[C@H]1CC[C@@H](Nc2ccc3ncc(-c4cccc(OC(F)(F)F)c4)n3n2)CC1. The number of anilines is 1. The maximum atomic E-state index is 12.6. The third-order valence-corrected chi connectivity index (χ3v) is 5.80. The molecule has 0 bridgehead atoms. The molecule has 0 aliphatic heterocycles. The van der Waals surface area contributed by atoms with E-state index in [1.165, 1.54) is 18.2 Å². The Balaban J connectivity index is 1.53. The summed E-state index contributed by atoms with van der Waals surface area (Å²) in [5.41, 5.74) is 1.01. The van der Waals surface area contributed by atoms with Crippen LogP contribution in [0.4, 0.5) is 19.0 Å². The van der Waals surface area contributed by atoms with E-state index in [2.05, 4.69) is 20.1 Å². The molecular formula is C22H25F3N4O2. The lowest BCUT2D eigenvalue weighted by atomic mass is 9.77. The van der Waals surface area contributed by atoms with Crippen LogP contribution in [-0.4, -0.2) is 37.7 Å². The average molecular weight is 434 g/mol. The van der Waals surface area contributed by atoms with Gasteiger partial charge in [0.15, 0.2) is 5.65 Å². The molecular weight excluding hydrogens is 409 g/mol. The van der Waals surface area contributed by atoms with Crippen LogP contribution in [0.5, 0.6) is 5.75 Å². The van der Waals surface area contributed by atoms with E-state index >= 15 is 0 Å². The zero-order valence-corrected chi connectivity index (χ0v) is 17.4. The van der Waals surface area contributed by atoms with Crippen LogP contribution in [0, 0.1) is 5.92 Å². The van der Waals surface area contributed by atoms with Gasteiger partial charge in [-0.3, -0.25) is 0 Å². The number of nitrogens with zero attached hydrogens (tertiary/aromatic N) is 3. The third kappa shape index (κ3) is 5.10. The molecule has 1 fully saturated rings. The van der Waals surface area contributed by atoms with Crippen molar-refractivity contribution in [1.82, 2.24) is 14.6 Å². The first-order chi connectivity index (χ1) is 14.6. The molecule has 0 unspecified atom stereocenters. The standard InChI is InChI=1S/C22H25F3N4O2/c1-21(2,30)15-6-8-16(9-7-15)27-19-10-11-20-26-13-18(29(20)28-19)14-4-3-5-17(12-14)31-22(23,24)25/h3-5,10-13,15-16,30H,6-9H2,1-2H3,(H,27,28)/t15-,16+. The highest BCUT2D eigenvalue weighted by molar-refractivity contribution is 5.65. The van der Waals surface area contributed by atoms with Crippen molar-refractivity contribution < 1.29 is 23.0 Å². The zero-order chi connectivity index (χ0) is 22.2. The van der Waals surface area contributed by atoms with Crippen molar-refractivity contribution in [3.63, 3.8) is 0 Å². The Morgan fingerprint density at radius 2 is 1.84 bits per heavy atom. The third-order valence-electron chi connectivity index (χ3n) is 5.80. The molecule has 166 valence electrons. The second-order valence-corrected chi connectivity index (χ2v) is 8.55. The summed E-state index contributed by atoms with van der Waals surface area (Å²) in [6.07, 6.45) is 0.562. The van der Waals surface area contributed by atoms with Gasteiger partial charge in [-0.2, -0.15) is 0 Å². The smallest absolute Gasteiger partial charge is 0.406 e. The molecule has 2 heterocycles. The molecule has 0 radical (unpaired) electrons. The number of benzene rings is 1. The lowest BCUT2D eigenvalue weighted by Gasteiger charge is -2.36. The normalized spacial score (nSPS) is 20.1. The molecule has 4 rings (SSSR count). The van der Waals surface area contributed by atoms with E-state index in [-0.39, 0.29) is 17.7 Å². The van der Waals surface area contributed by atoms with Crippen LogP contribution >= 0.6 is 0 Å². The van der Waals surface area contributed by atoms with Crippen LogP contribution in [0.3, 0.4) is 0 Å². The van der Waals surface area contributed by atoms with Crippen LogP contribution in [0.2, 0.25) is 0 Å². The molecule has 3 aromatic rings. The molecule has 1 aliphatic carbocycles. The summed E-state index contributed by atoms with van der Waals surface area (Å²) in [7, 11) is 0. The first-order valence-electron chi connectivity index (χ1n) is 10.3. The van der Waals surface area contributed by atoms with Gasteiger partial charge in [0.1, 0.15) is 11.6 Å². The minimum Gasteiger partial charge on any atom is -0.406 e. The molecule has 1 saturated carbocycles. The molecule has 0 saturated heterocycles. The summed E-state index contributed by atoms with van der Waals surface area (Å²) in [5.74, 6) is 0.659. The number of fused-ring (bicyclic) bond motifs is 1. The molecule has 1 aromatic carbocycles. The number of halogens is 3. The van der Waals surface area contributed by atoms with Gasteiger partial charge in [-0.25, -0.2) is 9.50 Å². The van der Waals surface area contributed by atoms with Crippen LogP contribution in [0.1, 0.15) is 39.5 Å². The fraction of sp³-hybridized carbons (Fsp3) is 0.455. The van der Waals surface area contributed by atoms with E-state index in [4.69, 9.17) is 0 Å². The molecule has 2 aromatic heterocycles. The Labute approximate surface area is 178 Å². The van der Waals surface area contributed by atoms with Gasteiger partial charge in [-0.05, 0) is 69.7 Å². The van der Waals surface area contributed by atoms with Crippen molar-refractivity contribution in [3.05, 3.63) is 42.6 Å². The van der Waals surface area contributed by atoms with Gasteiger partial charge in [-0.15, -0.1) is 18.3 Å². The van der Waals surface area contributed by atoms with E-state index in [1.807, 2.05) is 26.0 Å². The predicted molar refractivity (Wildman–Crippen MR) is 111 cm³/mol. The van der Waals surface area contributed by atoms with Gasteiger partial charge in [-0.1, -0.05) is 12.1 Å². The Kier molecular flexibility index (Phi) is 5.55. The van der Waals surface area contributed by atoms with Crippen LogP contribution in [-0.2, 0) is 0 Å². The second-order valence-electron chi connectivity index (χ2n) is 8.55. The van der Waals surface area contributed by atoms with Gasteiger partial charge in [0, 0.05) is 11.6 Å². The average Bonchev–Trinajstić information content (AvgIpc) is 3.10. The van der Waals surface area contributed by atoms with Crippen molar-refractivity contribution in [2.75, 3.05) is 5.32 Å². The highest BCUT2D eigenvalue weighted by atomic mass is 19.4. The summed E-state index contributed by atoms with van der Waals surface area (Å²) < 4.78 is 43.3. The summed E-state index contributed by atoms with van der Waals surface area (Å²) in [4.78, 5) is 4.31. The van der Waals surface area contributed by atoms with Gasteiger partial charge >= 0.3 is 6.36 Å². The van der Waals surface area contributed by atoms with Crippen molar-refractivity contribution in [2.24, 2.45) is 5.92 Å². The Hall–Kier alpha value is -2.81. The minimum atomic E-state index is -4.75. The quantitative estimate of drug-likeness (QED) is 0.589. The zero-order valence-electron chi connectivity index (χ0n) is 17.4. The highest BCUT2D eigenvalue weighted by Crippen LogP contribution is 2.34. The van der Waals surface area contributed by atoms with Gasteiger partial charge in [0.05, 0.1) is 17.5 Å². The molecule has 0 amide bonds. The monoisotopic (exact) mass is 434 g/mol. The Morgan fingerprint density at radius 3 is 2.52 bits per heavy atom. The molecule has 1 aliphatic rings. The number of hydrogen-bond acceptors (Lipinski definition) is 5. The topological polar surface area (TPSA) is 71.7 Å². The largest absolute Gasteiger partial charge is 0.573 e. The van der Waals surface area contributed by atoms with Crippen molar-refractivity contribution in [3.8, 4) is 17.0 Å². The molecule has 6 nitrogen and oxygen atoms in total. The molecule has 2 N–H and O–H groups in total. The molecule has 9 heteroatoms. The fourth-order valence-electron chi connectivity index (χ4n) is 4.15. The van der Waals surface area contributed by atoms with E-state index in [0.717, 1.165) is 25.7 Å². The first kappa shape index (κ1) is 21.4. The summed E-state index contributed by atoms with van der Waals surface area (Å²) in [6, 6.07) is 9.67. The molecule has 31 heavy (non-hydrogen) atoms. The summed E-state index contributed by atoms with van der Waals surface area (Å²) >= 11 is 0. The number of alkyl halides is 3. The van der Waals surface area contributed by atoms with Gasteiger partial charge < -0.3 is 15.2 Å². The summed E-state index contributed by atoms with van der Waals surface area (Å²) in [6.45, 7) is 3.71. The van der Waals surface area contributed by atoms with Crippen LogP contribution in [0.15, 0.2) is 42.6 Å². The first-order valence-corrected chi connectivity index (χ1v) is 10.3. The number of rotatable bonds is 5. The van der Waals surface area contributed by atoms with Gasteiger partial charge in [0.2, 0.25) is 0 Å². The Bertz CT molecular complexity index is 1050. The van der Waals surface area contributed by atoms with Crippen molar-refractivity contribution >= 4 is 11.5 Å². The lowest BCUT2D eigenvalue weighted by Crippen LogP contribution is -2.37. The number of imidazole rings is 1. The van der Waals surface area contributed by atoms with E-state index in [0.29, 0.717) is 22.7 Å². The van der Waals surface area contributed by atoms with Crippen molar-refractivity contribution in [2.45, 2.75) is 57.5 Å². The maximum absolute atomic E-state index is 12.6. The predicted octanol–water partition coefficient (Wildman–Crippen LogP) is 5.04. The van der Waals surface area contributed by atoms with Gasteiger partial charge in [0.25, 0.3) is 0 Å². The van der Waals surface area contributed by atoms with E-state index in [9.17, 15) is 18.3 Å². The second kappa shape index (κ2) is 8.03. The number of aromatic nitrogens is 3. The number of ether oxygens (including phenoxy) is 1. The van der Waals surface area contributed by atoms with Crippen molar-refractivity contribution in [1.29, 1.82) is 0 Å².